The minimum atomic E-state index is -3.73. The molecule has 0 amide bonds. The van der Waals surface area contributed by atoms with Crippen molar-refractivity contribution in [3.05, 3.63) is 39.6 Å². The highest BCUT2D eigenvalue weighted by molar-refractivity contribution is 7.89. The van der Waals surface area contributed by atoms with Crippen molar-refractivity contribution in [1.29, 1.82) is 0 Å². The van der Waals surface area contributed by atoms with Crippen molar-refractivity contribution in [2.75, 3.05) is 13.7 Å². The Labute approximate surface area is 134 Å². The topological polar surface area (TPSA) is 103 Å². The van der Waals surface area contributed by atoms with Crippen LogP contribution in [0.3, 0.4) is 0 Å². The van der Waals surface area contributed by atoms with Crippen LogP contribution >= 0.6 is 0 Å². The van der Waals surface area contributed by atoms with Crippen molar-refractivity contribution in [3.63, 3.8) is 0 Å². The molecule has 0 saturated heterocycles. The number of hydrogen-bond donors (Lipinski definition) is 1. The van der Waals surface area contributed by atoms with Gasteiger partial charge < -0.3 is 13.8 Å². The van der Waals surface area contributed by atoms with E-state index in [0.29, 0.717) is 17.1 Å². The molecule has 0 fully saturated rings. The maximum atomic E-state index is 12.3. The van der Waals surface area contributed by atoms with Crippen molar-refractivity contribution in [2.24, 2.45) is 0 Å². The summed E-state index contributed by atoms with van der Waals surface area (Å²) in [5.74, 6) is 0.702. The van der Waals surface area contributed by atoms with E-state index in [4.69, 9.17) is 9.26 Å². The molecular formula is C14H19N3O5S. The van der Waals surface area contributed by atoms with Crippen LogP contribution in [0.4, 0.5) is 0 Å². The number of aryl methyl sites for hydroxylation is 3. The molecule has 9 heteroatoms. The standard InChI is InChI=1S/C14H19N3O5S/c1-9-7-12(21-4)8-13(18)17(9)6-5-15-23(19,20)14-10(2)16-22-11(14)3/h7-8,15H,5-6H2,1-4H3. The van der Waals surface area contributed by atoms with Gasteiger partial charge >= 0.3 is 0 Å². The van der Waals surface area contributed by atoms with Gasteiger partial charge in [-0.1, -0.05) is 5.16 Å². The van der Waals surface area contributed by atoms with Crippen LogP contribution in [0.1, 0.15) is 17.1 Å². The molecule has 0 atom stereocenters. The number of methoxy groups -OCH3 is 1. The van der Waals surface area contributed by atoms with Crippen molar-refractivity contribution in [1.82, 2.24) is 14.4 Å². The summed E-state index contributed by atoms with van der Waals surface area (Å²) >= 11 is 0. The number of hydrogen-bond acceptors (Lipinski definition) is 6. The number of sulfonamides is 1. The molecule has 0 aromatic carbocycles. The molecular weight excluding hydrogens is 322 g/mol. The van der Waals surface area contributed by atoms with Gasteiger partial charge in [0.2, 0.25) is 10.0 Å². The van der Waals surface area contributed by atoms with Crippen molar-refractivity contribution >= 4 is 10.0 Å². The van der Waals surface area contributed by atoms with Crippen molar-refractivity contribution < 1.29 is 17.7 Å². The Morgan fingerprint density at radius 2 is 2.00 bits per heavy atom. The molecule has 8 nitrogen and oxygen atoms in total. The Balaban J connectivity index is 2.13. The molecule has 0 bridgehead atoms. The molecule has 0 unspecified atom stereocenters. The van der Waals surface area contributed by atoms with Gasteiger partial charge in [-0.15, -0.1) is 0 Å². The molecule has 2 aromatic heterocycles. The summed E-state index contributed by atoms with van der Waals surface area (Å²) in [5.41, 5.74) is 0.733. The van der Waals surface area contributed by atoms with E-state index in [1.165, 1.54) is 24.7 Å². The third kappa shape index (κ3) is 3.62. The van der Waals surface area contributed by atoms with Gasteiger partial charge in [0.1, 0.15) is 16.3 Å². The zero-order valence-electron chi connectivity index (χ0n) is 13.4. The summed E-state index contributed by atoms with van der Waals surface area (Å²) in [4.78, 5) is 12.0. The van der Waals surface area contributed by atoms with Crippen LogP contribution in [0.5, 0.6) is 5.75 Å². The monoisotopic (exact) mass is 341 g/mol. The van der Waals surface area contributed by atoms with E-state index in [1.54, 1.807) is 19.9 Å². The van der Waals surface area contributed by atoms with Crippen LogP contribution < -0.4 is 15.0 Å². The third-order valence-electron chi connectivity index (χ3n) is 3.41. The number of rotatable bonds is 6. The lowest BCUT2D eigenvalue weighted by molar-refractivity contribution is 0.390. The van der Waals surface area contributed by atoms with Crippen LogP contribution in [-0.4, -0.2) is 31.8 Å². The summed E-state index contributed by atoms with van der Waals surface area (Å²) < 4.78 is 38.4. The number of ether oxygens (including phenoxy) is 1. The van der Waals surface area contributed by atoms with Crippen LogP contribution in [0.15, 0.2) is 26.3 Å². The zero-order valence-corrected chi connectivity index (χ0v) is 14.2. The van der Waals surface area contributed by atoms with Crippen molar-refractivity contribution in [2.45, 2.75) is 32.2 Å². The summed E-state index contributed by atoms with van der Waals surface area (Å²) in [6, 6.07) is 3.07. The highest BCUT2D eigenvalue weighted by atomic mass is 32.2. The Morgan fingerprint density at radius 1 is 1.30 bits per heavy atom. The van der Waals surface area contributed by atoms with Gasteiger partial charge in [-0.25, -0.2) is 13.1 Å². The first-order valence-corrected chi connectivity index (χ1v) is 8.42. The van der Waals surface area contributed by atoms with Gasteiger partial charge in [-0.3, -0.25) is 4.79 Å². The summed E-state index contributed by atoms with van der Waals surface area (Å²) in [5, 5.41) is 3.63. The molecule has 0 spiro atoms. The number of nitrogens with zero attached hydrogens (tertiary/aromatic N) is 2. The van der Waals surface area contributed by atoms with Gasteiger partial charge in [0.15, 0.2) is 5.76 Å². The van der Waals surface area contributed by atoms with Crippen LogP contribution in [0, 0.1) is 20.8 Å². The fourth-order valence-corrected chi connectivity index (χ4v) is 3.67. The quantitative estimate of drug-likeness (QED) is 0.831. The number of nitrogens with one attached hydrogen (secondary N) is 1. The first-order valence-electron chi connectivity index (χ1n) is 6.94. The van der Waals surface area contributed by atoms with E-state index in [-0.39, 0.29) is 29.3 Å². The van der Waals surface area contributed by atoms with E-state index in [9.17, 15) is 13.2 Å². The second-order valence-electron chi connectivity index (χ2n) is 5.08. The zero-order chi connectivity index (χ0) is 17.2. The van der Waals surface area contributed by atoms with Crippen LogP contribution in [0.2, 0.25) is 0 Å². The van der Waals surface area contributed by atoms with Gasteiger partial charge in [-0.2, -0.15) is 0 Å². The van der Waals surface area contributed by atoms with Crippen molar-refractivity contribution in [3.8, 4) is 5.75 Å². The van der Waals surface area contributed by atoms with Gasteiger partial charge in [-0.05, 0) is 26.8 Å². The molecule has 0 radical (unpaired) electrons. The lowest BCUT2D eigenvalue weighted by Crippen LogP contribution is -2.32. The van der Waals surface area contributed by atoms with Crippen LogP contribution in [-0.2, 0) is 16.6 Å². The predicted octanol–water partition coefficient (Wildman–Crippen LogP) is 0.749. The first-order chi connectivity index (χ1) is 10.8. The van der Waals surface area contributed by atoms with E-state index < -0.39 is 10.0 Å². The SMILES string of the molecule is COc1cc(C)n(CCNS(=O)(=O)c2c(C)noc2C)c(=O)c1. The number of pyridine rings is 1. The van der Waals surface area contributed by atoms with Gasteiger partial charge in [0, 0.05) is 24.8 Å². The fourth-order valence-electron chi connectivity index (χ4n) is 2.33. The molecule has 0 aliphatic rings. The van der Waals surface area contributed by atoms with E-state index in [1.807, 2.05) is 0 Å². The molecule has 0 aliphatic heterocycles. The molecule has 0 saturated carbocycles. The molecule has 126 valence electrons. The van der Waals surface area contributed by atoms with Crippen LogP contribution in [0.25, 0.3) is 0 Å². The lowest BCUT2D eigenvalue weighted by Gasteiger charge is -2.12. The smallest absolute Gasteiger partial charge is 0.254 e. The van der Waals surface area contributed by atoms with E-state index >= 15 is 0 Å². The molecule has 23 heavy (non-hydrogen) atoms. The highest BCUT2D eigenvalue weighted by Crippen LogP contribution is 2.18. The average molecular weight is 341 g/mol. The summed E-state index contributed by atoms with van der Waals surface area (Å²) in [7, 11) is -2.25. The lowest BCUT2D eigenvalue weighted by atomic mass is 10.3. The van der Waals surface area contributed by atoms with Gasteiger partial charge in [0.05, 0.1) is 7.11 Å². The predicted molar refractivity (Wildman–Crippen MR) is 83.2 cm³/mol. The Kier molecular flexibility index (Phi) is 4.90. The third-order valence-corrected chi connectivity index (χ3v) is 5.11. The molecule has 2 heterocycles. The Bertz CT molecular complexity index is 848. The molecule has 2 rings (SSSR count). The van der Waals surface area contributed by atoms with E-state index in [2.05, 4.69) is 9.88 Å². The molecule has 1 N–H and O–H groups in total. The fraction of sp³-hybridized carbons (Fsp3) is 0.429. The summed E-state index contributed by atoms with van der Waals surface area (Å²) in [6.45, 7) is 5.12. The summed E-state index contributed by atoms with van der Waals surface area (Å²) in [6.07, 6.45) is 0. The Hall–Kier alpha value is -2.13. The normalized spacial score (nSPS) is 11.7. The Morgan fingerprint density at radius 3 is 2.52 bits per heavy atom. The second kappa shape index (κ2) is 6.55. The largest absolute Gasteiger partial charge is 0.496 e. The van der Waals surface area contributed by atoms with E-state index in [0.717, 1.165) is 0 Å². The second-order valence-corrected chi connectivity index (χ2v) is 6.78. The molecule has 0 aliphatic carbocycles. The molecule has 2 aromatic rings. The van der Waals surface area contributed by atoms with Gasteiger partial charge in [0.25, 0.3) is 5.56 Å². The minimum Gasteiger partial charge on any atom is -0.496 e. The maximum Gasteiger partial charge on any atom is 0.254 e. The highest BCUT2D eigenvalue weighted by Gasteiger charge is 2.23. The maximum absolute atomic E-state index is 12.3. The minimum absolute atomic E-state index is 0.0382. The number of aromatic nitrogens is 2. The first kappa shape index (κ1) is 17.2. The average Bonchev–Trinajstić information content (AvgIpc) is 2.81.